The van der Waals surface area contributed by atoms with Gasteiger partial charge in [-0.05, 0) is 0 Å². The molecule has 0 radical (unpaired) electrons. The van der Waals surface area contributed by atoms with Crippen molar-refractivity contribution in [3.05, 3.63) is 17.5 Å². The molecule has 0 aliphatic carbocycles. The van der Waals surface area contributed by atoms with Crippen LogP contribution in [0.1, 0.15) is 0 Å². The summed E-state index contributed by atoms with van der Waals surface area (Å²) in [5.74, 6) is 0. The zero-order valence-corrected chi connectivity index (χ0v) is 7.05. The number of thiophene rings is 1. The van der Waals surface area contributed by atoms with Crippen molar-refractivity contribution in [3.63, 3.8) is 0 Å². The van der Waals surface area contributed by atoms with E-state index >= 15 is 0 Å². The van der Waals surface area contributed by atoms with E-state index in [4.69, 9.17) is 0 Å². The van der Waals surface area contributed by atoms with E-state index in [-0.39, 0.29) is 15.8 Å². The Labute approximate surface area is 54.2 Å². The molecule has 0 nitrogen and oxygen atoms in total. The molecule has 0 amide bonds. The molecule has 0 saturated carbocycles. The molecule has 1 aromatic rings. The summed E-state index contributed by atoms with van der Waals surface area (Å²) in [6.07, 6.45) is 0. The summed E-state index contributed by atoms with van der Waals surface area (Å²) in [7, 11) is 0. The molecule has 0 aromatic carbocycles. The molecule has 1 unspecified atom stereocenters. The first-order valence-corrected chi connectivity index (χ1v) is 6.17. The van der Waals surface area contributed by atoms with Crippen molar-refractivity contribution < 1.29 is 0 Å². The van der Waals surface area contributed by atoms with Gasteiger partial charge in [-0.3, -0.25) is 0 Å². The van der Waals surface area contributed by atoms with Crippen LogP contribution in [0.4, 0.5) is 0 Å². The minimum atomic E-state index is 0.255. The van der Waals surface area contributed by atoms with Crippen LogP contribution < -0.4 is 3.66 Å². The Kier molecular flexibility index (Phi) is 1.96. The third-order valence-electron chi connectivity index (χ3n) is 0.768. The summed E-state index contributed by atoms with van der Waals surface area (Å²) in [5, 5.41) is 2.14. The van der Waals surface area contributed by atoms with Crippen LogP contribution in [-0.2, 0) is 0 Å². The van der Waals surface area contributed by atoms with Gasteiger partial charge in [-0.2, -0.15) is 0 Å². The predicted octanol–water partition coefficient (Wildman–Crippen LogP) is 0.858. The second-order valence-electron chi connectivity index (χ2n) is 1.23. The molecule has 1 rings (SSSR count). The Hall–Kier alpha value is 0.258. The van der Waals surface area contributed by atoms with Crippen LogP contribution in [0, 0.1) is 0 Å². The van der Waals surface area contributed by atoms with E-state index in [0.717, 1.165) is 0 Å². The molecule has 1 heterocycles. The van der Waals surface area contributed by atoms with Gasteiger partial charge in [0.1, 0.15) is 0 Å². The Morgan fingerprint density at radius 3 is 2.86 bits per heavy atom. The van der Waals surface area contributed by atoms with Crippen LogP contribution in [0.15, 0.2) is 17.5 Å². The first-order chi connectivity index (χ1) is 3.43. The summed E-state index contributed by atoms with van der Waals surface area (Å²) in [4.78, 5) is 0. The number of rotatable bonds is 1. The van der Waals surface area contributed by atoms with Gasteiger partial charge in [0.05, 0.1) is 0 Å². The van der Waals surface area contributed by atoms with Gasteiger partial charge in [0.15, 0.2) is 0 Å². The molecule has 0 aliphatic rings. The molecule has 7 heavy (non-hydrogen) atoms. The minimum absolute atomic E-state index is 0.255. The van der Waals surface area contributed by atoms with Crippen LogP contribution in [-0.4, -0.2) is 15.8 Å². The molecule has 0 fully saturated rings. The van der Waals surface area contributed by atoms with Crippen molar-refractivity contribution in [1.82, 2.24) is 0 Å². The maximum atomic E-state index is 2.30. The second-order valence-corrected chi connectivity index (χ2v) is 5.11. The fourth-order valence-corrected chi connectivity index (χ4v) is 2.72. The SMILES string of the molecule is C[AsH]c1cccs1. The Bertz CT molecular complexity index is 123. The van der Waals surface area contributed by atoms with Crippen molar-refractivity contribution in [1.29, 1.82) is 0 Å². The summed E-state index contributed by atoms with van der Waals surface area (Å²) in [6, 6.07) is 4.33. The molecule has 0 bridgehead atoms. The van der Waals surface area contributed by atoms with Gasteiger partial charge in [0, 0.05) is 0 Å². The molecule has 0 saturated heterocycles. The van der Waals surface area contributed by atoms with Gasteiger partial charge in [-0.15, -0.1) is 0 Å². The van der Waals surface area contributed by atoms with Gasteiger partial charge in [-0.25, -0.2) is 0 Å². The summed E-state index contributed by atoms with van der Waals surface area (Å²) in [6.45, 7) is 0. The van der Waals surface area contributed by atoms with Gasteiger partial charge >= 0.3 is 54.0 Å². The van der Waals surface area contributed by atoms with Crippen molar-refractivity contribution in [2.24, 2.45) is 0 Å². The summed E-state index contributed by atoms with van der Waals surface area (Å²) >= 11 is 2.13. The van der Waals surface area contributed by atoms with Crippen LogP contribution >= 0.6 is 11.3 Å². The quantitative estimate of drug-likeness (QED) is 0.554. The Morgan fingerprint density at radius 1 is 1.71 bits per heavy atom. The van der Waals surface area contributed by atoms with Crippen LogP contribution in [0.2, 0.25) is 5.71 Å². The summed E-state index contributed by atoms with van der Waals surface area (Å²) in [5.41, 5.74) is 2.30. The normalized spacial score (nSPS) is 11.0. The van der Waals surface area contributed by atoms with E-state index in [2.05, 4.69) is 23.2 Å². The van der Waals surface area contributed by atoms with Crippen LogP contribution in [0.5, 0.6) is 0 Å². The van der Waals surface area contributed by atoms with E-state index in [9.17, 15) is 0 Å². The van der Waals surface area contributed by atoms with E-state index < -0.39 is 0 Å². The molecule has 38 valence electrons. The molecule has 0 aliphatic heterocycles. The van der Waals surface area contributed by atoms with Gasteiger partial charge in [0.25, 0.3) is 0 Å². The van der Waals surface area contributed by atoms with Gasteiger partial charge < -0.3 is 0 Å². The van der Waals surface area contributed by atoms with Crippen LogP contribution in [0.25, 0.3) is 0 Å². The first kappa shape index (κ1) is 5.40. The fourth-order valence-electron chi connectivity index (χ4n) is 0.421. The van der Waals surface area contributed by atoms with E-state index in [1.54, 1.807) is 3.66 Å². The third kappa shape index (κ3) is 1.32. The second kappa shape index (κ2) is 2.54. The predicted molar refractivity (Wildman–Crippen MR) is 37.0 cm³/mol. The average molecular weight is 174 g/mol. The topological polar surface area (TPSA) is 0 Å². The fraction of sp³-hybridized carbons (Fsp3) is 0.200. The van der Waals surface area contributed by atoms with Crippen molar-refractivity contribution >= 4 is 30.8 Å². The average Bonchev–Trinajstić information content (AvgIpc) is 2.14. The zero-order valence-electron chi connectivity index (χ0n) is 4.14. The summed E-state index contributed by atoms with van der Waals surface area (Å²) < 4.78 is 1.60. The zero-order chi connectivity index (χ0) is 5.11. The van der Waals surface area contributed by atoms with Crippen molar-refractivity contribution in [2.45, 2.75) is 5.71 Å². The monoisotopic (exact) mass is 174 g/mol. The molecule has 0 N–H and O–H groups in total. The van der Waals surface area contributed by atoms with E-state index in [1.807, 2.05) is 11.3 Å². The van der Waals surface area contributed by atoms with Crippen molar-refractivity contribution in [2.75, 3.05) is 0 Å². The molecule has 0 spiro atoms. The standard InChI is InChI=1S/C5H7AsS/c1-6-5-3-2-4-7-5/h2-4,6H,1H3. The molecule has 1 atom stereocenters. The molecular weight excluding hydrogens is 167 g/mol. The van der Waals surface area contributed by atoms with E-state index in [1.165, 1.54) is 0 Å². The first-order valence-electron chi connectivity index (χ1n) is 2.15. The number of hydrogen-bond donors (Lipinski definition) is 0. The third-order valence-corrected chi connectivity index (χ3v) is 4.64. The molecular formula is C5H7AsS. The van der Waals surface area contributed by atoms with E-state index in [0.29, 0.717) is 0 Å². The molecule has 2 heteroatoms. The van der Waals surface area contributed by atoms with Crippen molar-refractivity contribution in [3.8, 4) is 0 Å². The number of hydrogen-bond acceptors (Lipinski definition) is 1. The Balaban J connectivity index is 2.76. The maximum absolute atomic E-state index is 2.30. The van der Waals surface area contributed by atoms with Gasteiger partial charge in [-0.1, -0.05) is 0 Å². The van der Waals surface area contributed by atoms with Crippen LogP contribution in [0.3, 0.4) is 0 Å². The molecule has 1 aromatic heterocycles. The Morgan fingerprint density at radius 2 is 2.57 bits per heavy atom. The van der Waals surface area contributed by atoms with Gasteiger partial charge in [0.2, 0.25) is 0 Å².